The number of halogens is 1. The number of piperidine rings is 1. The van der Waals surface area contributed by atoms with Gasteiger partial charge < -0.3 is 15.5 Å². The van der Waals surface area contributed by atoms with Gasteiger partial charge in [-0.25, -0.2) is 0 Å². The number of nitrogens with zero attached hydrogens (tertiary/aromatic N) is 1. The Morgan fingerprint density at radius 1 is 1.19 bits per heavy atom. The van der Waals surface area contributed by atoms with Crippen LogP contribution >= 0.6 is 15.9 Å². The summed E-state index contributed by atoms with van der Waals surface area (Å²) in [6.07, 6.45) is 2.01. The fraction of sp³-hybridized carbons (Fsp3) is 0.526. The molecule has 26 heavy (non-hydrogen) atoms. The van der Waals surface area contributed by atoms with Crippen molar-refractivity contribution < 1.29 is 14.4 Å². The third kappa shape index (κ3) is 5.83. The first-order valence-electron chi connectivity index (χ1n) is 9.02. The van der Waals surface area contributed by atoms with Crippen molar-refractivity contribution in [3.63, 3.8) is 0 Å². The Morgan fingerprint density at radius 2 is 1.81 bits per heavy atom. The topological polar surface area (TPSA) is 78.5 Å². The van der Waals surface area contributed by atoms with Crippen LogP contribution in [0.4, 0.5) is 5.69 Å². The number of amides is 3. The maximum absolute atomic E-state index is 12.4. The summed E-state index contributed by atoms with van der Waals surface area (Å²) < 4.78 is 0.961. The molecule has 1 saturated heterocycles. The SMILES string of the molecule is CCC(C)C(=O)NCC(=O)N1CCC(C(=O)Nc2ccc(Br)cc2)CC1. The third-order valence-electron chi connectivity index (χ3n) is 4.80. The molecule has 1 aliphatic rings. The zero-order chi connectivity index (χ0) is 19.1. The van der Waals surface area contributed by atoms with Crippen LogP contribution < -0.4 is 10.6 Å². The quantitative estimate of drug-likeness (QED) is 0.737. The summed E-state index contributed by atoms with van der Waals surface area (Å²) in [7, 11) is 0. The zero-order valence-electron chi connectivity index (χ0n) is 15.3. The highest BCUT2D eigenvalue weighted by Crippen LogP contribution is 2.20. The Balaban J connectivity index is 1.75. The van der Waals surface area contributed by atoms with Gasteiger partial charge >= 0.3 is 0 Å². The van der Waals surface area contributed by atoms with Crippen LogP contribution in [0, 0.1) is 11.8 Å². The van der Waals surface area contributed by atoms with Crippen molar-refractivity contribution in [2.75, 3.05) is 25.0 Å². The molecule has 0 bridgehead atoms. The van der Waals surface area contributed by atoms with Gasteiger partial charge in [-0.15, -0.1) is 0 Å². The first kappa shape index (κ1) is 20.4. The number of hydrogen-bond donors (Lipinski definition) is 2. The van der Waals surface area contributed by atoms with Gasteiger partial charge in [0.2, 0.25) is 17.7 Å². The summed E-state index contributed by atoms with van der Waals surface area (Å²) >= 11 is 3.37. The molecule has 0 saturated carbocycles. The van der Waals surface area contributed by atoms with Crippen molar-refractivity contribution in [3.8, 4) is 0 Å². The number of benzene rings is 1. The molecule has 2 N–H and O–H groups in total. The fourth-order valence-corrected chi connectivity index (χ4v) is 3.07. The van der Waals surface area contributed by atoms with E-state index in [9.17, 15) is 14.4 Å². The molecule has 1 aromatic rings. The summed E-state index contributed by atoms with van der Waals surface area (Å²) in [5, 5.41) is 5.61. The smallest absolute Gasteiger partial charge is 0.241 e. The van der Waals surface area contributed by atoms with Crippen molar-refractivity contribution >= 4 is 39.3 Å². The fourth-order valence-electron chi connectivity index (χ4n) is 2.80. The highest BCUT2D eigenvalue weighted by Gasteiger charge is 2.27. The Hall–Kier alpha value is -1.89. The third-order valence-corrected chi connectivity index (χ3v) is 5.33. The number of nitrogens with one attached hydrogen (secondary N) is 2. The minimum atomic E-state index is -0.0996. The standard InChI is InChI=1S/C19H26BrN3O3/c1-3-13(2)18(25)21-12-17(24)23-10-8-14(9-11-23)19(26)22-16-6-4-15(20)5-7-16/h4-7,13-14H,3,8-12H2,1-2H3,(H,21,25)(H,22,26). The molecule has 1 atom stereocenters. The second-order valence-electron chi connectivity index (χ2n) is 6.68. The highest BCUT2D eigenvalue weighted by atomic mass is 79.9. The summed E-state index contributed by atoms with van der Waals surface area (Å²) in [6.45, 7) is 4.89. The molecule has 142 valence electrons. The molecule has 0 spiro atoms. The van der Waals surface area contributed by atoms with Gasteiger partial charge in [0.05, 0.1) is 6.54 Å². The molecule has 1 aromatic carbocycles. The van der Waals surface area contributed by atoms with E-state index in [1.165, 1.54) is 0 Å². The Labute approximate surface area is 162 Å². The van der Waals surface area contributed by atoms with E-state index in [0.717, 1.165) is 16.6 Å². The molecule has 1 fully saturated rings. The summed E-state index contributed by atoms with van der Waals surface area (Å²) in [6, 6.07) is 7.45. The minimum Gasteiger partial charge on any atom is -0.347 e. The van der Waals surface area contributed by atoms with Crippen LogP contribution in [0.2, 0.25) is 0 Å². The molecule has 1 aliphatic heterocycles. The van der Waals surface area contributed by atoms with Crippen LogP contribution in [0.25, 0.3) is 0 Å². The lowest BCUT2D eigenvalue weighted by molar-refractivity contribution is -0.135. The van der Waals surface area contributed by atoms with Gasteiger partial charge in [0, 0.05) is 35.1 Å². The Bertz CT molecular complexity index is 640. The van der Waals surface area contributed by atoms with E-state index in [1.54, 1.807) is 4.90 Å². The van der Waals surface area contributed by atoms with Crippen LogP contribution in [0.3, 0.4) is 0 Å². The lowest BCUT2D eigenvalue weighted by Crippen LogP contribution is -2.46. The first-order chi connectivity index (χ1) is 12.4. The predicted octanol–water partition coefficient (Wildman–Crippen LogP) is 2.79. The molecular weight excluding hydrogens is 398 g/mol. The van der Waals surface area contributed by atoms with Gasteiger partial charge in [-0.1, -0.05) is 29.8 Å². The number of rotatable bonds is 6. The average molecular weight is 424 g/mol. The molecule has 3 amide bonds. The largest absolute Gasteiger partial charge is 0.347 e. The van der Waals surface area contributed by atoms with Gasteiger partial charge in [0.15, 0.2) is 0 Å². The van der Waals surface area contributed by atoms with Crippen molar-refractivity contribution in [1.29, 1.82) is 0 Å². The number of carbonyl (C=O) groups excluding carboxylic acids is 3. The van der Waals surface area contributed by atoms with Gasteiger partial charge in [-0.3, -0.25) is 14.4 Å². The first-order valence-corrected chi connectivity index (χ1v) is 9.82. The van der Waals surface area contributed by atoms with Crippen molar-refractivity contribution in [1.82, 2.24) is 10.2 Å². The summed E-state index contributed by atoms with van der Waals surface area (Å²) in [4.78, 5) is 38.1. The number of anilines is 1. The number of hydrogen-bond acceptors (Lipinski definition) is 3. The summed E-state index contributed by atoms with van der Waals surface area (Å²) in [5.74, 6) is -0.379. The molecule has 1 heterocycles. The zero-order valence-corrected chi connectivity index (χ0v) is 16.8. The minimum absolute atomic E-state index is 0.00973. The van der Waals surface area contributed by atoms with Gasteiger partial charge in [-0.2, -0.15) is 0 Å². The van der Waals surface area contributed by atoms with E-state index < -0.39 is 0 Å². The van der Waals surface area contributed by atoms with Crippen LogP contribution in [-0.2, 0) is 14.4 Å². The Kier molecular flexibility index (Phi) is 7.63. The molecule has 6 nitrogen and oxygen atoms in total. The van der Waals surface area contributed by atoms with Crippen LogP contribution in [0.15, 0.2) is 28.7 Å². The average Bonchev–Trinajstić information content (AvgIpc) is 2.67. The summed E-state index contributed by atoms with van der Waals surface area (Å²) in [5.41, 5.74) is 0.768. The number of likely N-dealkylation sites (tertiary alicyclic amines) is 1. The normalized spacial score (nSPS) is 16.0. The monoisotopic (exact) mass is 423 g/mol. The molecule has 0 radical (unpaired) electrons. The molecular formula is C19H26BrN3O3. The van der Waals surface area contributed by atoms with Crippen LogP contribution in [-0.4, -0.2) is 42.3 Å². The van der Waals surface area contributed by atoms with Gasteiger partial charge in [-0.05, 0) is 43.5 Å². The van der Waals surface area contributed by atoms with E-state index in [2.05, 4.69) is 26.6 Å². The van der Waals surface area contributed by atoms with Crippen LogP contribution in [0.5, 0.6) is 0 Å². The van der Waals surface area contributed by atoms with E-state index in [-0.39, 0.29) is 36.1 Å². The van der Waals surface area contributed by atoms with Crippen molar-refractivity contribution in [2.45, 2.75) is 33.1 Å². The van der Waals surface area contributed by atoms with E-state index in [1.807, 2.05) is 38.1 Å². The molecule has 1 unspecified atom stereocenters. The van der Waals surface area contributed by atoms with Gasteiger partial charge in [0.1, 0.15) is 0 Å². The second-order valence-corrected chi connectivity index (χ2v) is 7.59. The molecule has 0 aromatic heterocycles. The van der Waals surface area contributed by atoms with Crippen LogP contribution in [0.1, 0.15) is 33.1 Å². The van der Waals surface area contributed by atoms with E-state index in [0.29, 0.717) is 25.9 Å². The second kappa shape index (κ2) is 9.71. The van der Waals surface area contributed by atoms with Gasteiger partial charge in [0.25, 0.3) is 0 Å². The Morgan fingerprint density at radius 3 is 2.38 bits per heavy atom. The highest BCUT2D eigenvalue weighted by molar-refractivity contribution is 9.10. The van der Waals surface area contributed by atoms with Crippen molar-refractivity contribution in [3.05, 3.63) is 28.7 Å². The lowest BCUT2D eigenvalue weighted by Gasteiger charge is -2.31. The molecule has 0 aliphatic carbocycles. The van der Waals surface area contributed by atoms with Crippen molar-refractivity contribution in [2.24, 2.45) is 11.8 Å². The predicted molar refractivity (Wildman–Crippen MR) is 105 cm³/mol. The van der Waals surface area contributed by atoms with E-state index in [4.69, 9.17) is 0 Å². The molecule has 7 heteroatoms. The lowest BCUT2D eigenvalue weighted by atomic mass is 9.95. The maximum atomic E-state index is 12.4. The maximum Gasteiger partial charge on any atom is 0.241 e. The number of carbonyl (C=O) groups is 3. The molecule has 2 rings (SSSR count). The van der Waals surface area contributed by atoms with E-state index >= 15 is 0 Å².